The molecular weight excluding hydrogens is 398 g/mol. The SMILES string of the molecule is CC1CC2CCC3(c4ccccc4-c4ccc5[nH]c6ccc7ccccc7c6c5c43)C(C1)C2. The number of benzene rings is 4. The minimum Gasteiger partial charge on any atom is -0.354 e. The summed E-state index contributed by atoms with van der Waals surface area (Å²) >= 11 is 0. The van der Waals surface area contributed by atoms with Crippen molar-refractivity contribution in [3.05, 3.63) is 83.9 Å². The van der Waals surface area contributed by atoms with Gasteiger partial charge in [0.2, 0.25) is 0 Å². The normalized spacial score (nSPS) is 28.0. The van der Waals surface area contributed by atoms with Crippen LogP contribution in [0.4, 0.5) is 0 Å². The summed E-state index contributed by atoms with van der Waals surface area (Å²) in [5.74, 6) is 2.50. The Morgan fingerprint density at radius 1 is 0.758 bits per heavy atom. The number of hydrogen-bond acceptors (Lipinski definition) is 0. The molecule has 4 unspecified atom stereocenters. The monoisotopic (exact) mass is 427 g/mol. The molecule has 162 valence electrons. The van der Waals surface area contributed by atoms with Gasteiger partial charge in [-0.05, 0) is 95.0 Å². The van der Waals surface area contributed by atoms with Crippen molar-refractivity contribution in [2.45, 2.75) is 44.4 Å². The standard InChI is InChI=1S/C32H29N/c1-19-16-20-14-15-32(22(17-19)18-20)26-9-5-4-8-24(26)25-11-13-28-30(31(25)32)29-23-7-3-2-6-21(23)10-12-27(29)33-28/h2-13,19-20,22,33H,14-18H2,1H3. The predicted molar refractivity (Wildman–Crippen MR) is 139 cm³/mol. The number of fused-ring (bicyclic) bond motifs is 14. The maximum Gasteiger partial charge on any atom is 0.0471 e. The van der Waals surface area contributed by atoms with Crippen molar-refractivity contribution in [3.63, 3.8) is 0 Å². The summed E-state index contributed by atoms with van der Waals surface area (Å²) in [6, 6.07) is 27.6. The van der Waals surface area contributed by atoms with E-state index in [0.29, 0.717) is 0 Å². The van der Waals surface area contributed by atoms with Crippen LogP contribution in [-0.4, -0.2) is 4.98 Å². The van der Waals surface area contributed by atoms with Crippen molar-refractivity contribution in [2.75, 3.05) is 0 Å². The van der Waals surface area contributed by atoms with E-state index in [9.17, 15) is 0 Å². The van der Waals surface area contributed by atoms with Gasteiger partial charge in [0.25, 0.3) is 0 Å². The number of nitrogens with one attached hydrogen (secondary N) is 1. The van der Waals surface area contributed by atoms with Crippen LogP contribution in [0.25, 0.3) is 43.7 Å². The molecule has 2 saturated carbocycles. The van der Waals surface area contributed by atoms with E-state index in [-0.39, 0.29) is 5.41 Å². The zero-order valence-corrected chi connectivity index (χ0v) is 19.2. The lowest BCUT2D eigenvalue weighted by atomic mass is 9.53. The molecule has 0 amide bonds. The third-order valence-corrected chi connectivity index (χ3v) is 9.48. The van der Waals surface area contributed by atoms with Crippen LogP contribution in [0, 0.1) is 17.8 Å². The van der Waals surface area contributed by atoms with Gasteiger partial charge in [-0.3, -0.25) is 0 Å². The fraction of sp³-hybridized carbons (Fsp3) is 0.312. The van der Waals surface area contributed by atoms with Gasteiger partial charge in [0.15, 0.2) is 0 Å². The molecule has 1 nitrogen and oxygen atoms in total. The first kappa shape index (κ1) is 18.4. The third-order valence-electron chi connectivity index (χ3n) is 9.48. The summed E-state index contributed by atoms with van der Waals surface area (Å²) in [4.78, 5) is 3.81. The Kier molecular flexibility index (Phi) is 3.50. The zero-order valence-electron chi connectivity index (χ0n) is 19.2. The summed E-state index contributed by atoms with van der Waals surface area (Å²) in [6.45, 7) is 2.50. The predicted octanol–water partition coefficient (Wildman–Crippen LogP) is 8.59. The molecule has 5 aromatic rings. The Morgan fingerprint density at radius 2 is 1.58 bits per heavy atom. The Balaban J connectivity index is 1.56. The van der Waals surface area contributed by atoms with E-state index in [0.717, 1.165) is 17.8 Å². The fourth-order valence-corrected chi connectivity index (χ4v) is 8.39. The molecule has 2 bridgehead atoms. The first-order valence-corrected chi connectivity index (χ1v) is 12.8. The fourth-order valence-electron chi connectivity index (χ4n) is 8.39. The van der Waals surface area contributed by atoms with E-state index in [2.05, 4.69) is 84.7 Å². The molecule has 3 aliphatic rings. The summed E-state index contributed by atoms with van der Waals surface area (Å²) in [7, 11) is 0. The molecule has 1 aromatic heterocycles. The third kappa shape index (κ3) is 2.24. The highest BCUT2D eigenvalue weighted by Gasteiger charge is 2.53. The zero-order chi connectivity index (χ0) is 21.7. The van der Waals surface area contributed by atoms with Gasteiger partial charge in [-0.1, -0.05) is 67.6 Å². The van der Waals surface area contributed by atoms with Crippen LogP contribution in [0.15, 0.2) is 72.8 Å². The molecule has 2 fully saturated rings. The van der Waals surface area contributed by atoms with Crippen LogP contribution >= 0.6 is 0 Å². The summed E-state index contributed by atoms with van der Waals surface area (Å²) in [6.07, 6.45) is 6.87. The lowest BCUT2D eigenvalue weighted by Gasteiger charge is -2.51. The maximum atomic E-state index is 3.81. The second-order valence-corrected chi connectivity index (χ2v) is 11.2. The first-order chi connectivity index (χ1) is 16.2. The molecule has 1 N–H and O–H groups in total. The average molecular weight is 428 g/mol. The Hall–Kier alpha value is -3.06. The Morgan fingerprint density at radius 3 is 2.55 bits per heavy atom. The van der Waals surface area contributed by atoms with Gasteiger partial charge in [0.05, 0.1) is 0 Å². The molecule has 33 heavy (non-hydrogen) atoms. The largest absolute Gasteiger partial charge is 0.354 e. The summed E-state index contributed by atoms with van der Waals surface area (Å²) in [5.41, 5.74) is 8.96. The van der Waals surface area contributed by atoms with Crippen molar-refractivity contribution in [2.24, 2.45) is 17.8 Å². The van der Waals surface area contributed by atoms with Crippen LogP contribution in [0.2, 0.25) is 0 Å². The number of hydrogen-bond donors (Lipinski definition) is 1. The van der Waals surface area contributed by atoms with Crippen LogP contribution < -0.4 is 0 Å². The second kappa shape index (κ2) is 6.29. The lowest BCUT2D eigenvalue weighted by molar-refractivity contribution is 0.0863. The summed E-state index contributed by atoms with van der Waals surface area (Å²) < 4.78 is 0. The minimum absolute atomic E-state index is 0.155. The molecular formula is C32H29N. The second-order valence-electron chi connectivity index (χ2n) is 11.2. The highest BCUT2D eigenvalue weighted by molar-refractivity contribution is 6.22. The topological polar surface area (TPSA) is 15.8 Å². The van der Waals surface area contributed by atoms with E-state index in [4.69, 9.17) is 0 Å². The van der Waals surface area contributed by atoms with E-state index in [1.54, 1.807) is 11.1 Å². The Bertz CT molecular complexity index is 1590. The first-order valence-electron chi connectivity index (χ1n) is 12.8. The average Bonchev–Trinajstić information content (AvgIpc) is 3.36. The molecule has 8 rings (SSSR count). The van der Waals surface area contributed by atoms with Crippen LogP contribution in [0.3, 0.4) is 0 Å². The van der Waals surface area contributed by atoms with Crippen LogP contribution in [0.5, 0.6) is 0 Å². The van der Waals surface area contributed by atoms with E-state index in [1.807, 2.05) is 0 Å². The van der Waals surface area contributed by atoms with E-state index < -0.39 is 0 Å². The Labute approximate surface area is 194 Å². The van der Waals surface area contributed by atoms with E-state index >= 15 is 0 Å². The highest BCUT2D eigenvalue weighted by Crippen LogP contribution is 2.64. The maximum absolute atomic E-state index is 3.81. The number of aromatic nitrogens is 1. The number of H-pyrrole nitrogens is 1. The van der Waals surface area contributed by atoms with Gasteiger partial charge in [-0.15, -0.1) is 0 Å². The molecule has 1 heterocycles. The minimum atomic E-state index is 0.155. The molecule has 3 aliphatic carbocycles. The molecule has 1 spiro atoms. The smallest absolute Gasteiger partial charge is 0.0471 e. The van der Waals surface area contributed by atoms with Gasteiger partial charge in [0.1, 0.15) is 0 Å². The van der Waals surface area contributed by atoms with Crippen molar-refractivity contribution < 1.29 is 0 Å². The molecule has 0 radical (unpaired) electrons. The van der Waals surface area contributed by atoms with Crippen LogP contribution in [-0.2, 0) is 5.41 Å². The van der Waals surface area contributed by atoms with Crippen molar-refractivity contribution in [1.29, 1.82) is 0 Å². The van der Waals surface area contributed by atoms with Gasteiger partial charge in [-0.2, -0.15) is 0 Å². The van der Waals surface area contributed by atoms with E-state index in [1.165, 1.54) is 75.8 Å². The van der Waals surface area contributed by atoms with Crippen molar-refractivity contribution >= 4 is 32.6 Å². The van der Waals surface area contributed by atoms with Crippen molar-refractivity contribution in [3.8, 4) is 11.1 Å². The van der Waals surface area contributed by atoms with Crippen molar-refractivity contribution in [1.82, 2.24) is 4.98 Å². The number of rotatable bonds is 0. The highest BCUT2D eigenvalue weighted by atomic mass is 14.7. The van der Waals surface area contributed by atoms with Gasteiger partial charge in [-0.25, -0.2) is 0 Å². The molecule has 1 heteroatoms. The molecule has 0 aliphatic heterocycles. The van der Waals surface area contributed by atoms with Gasteiger partial charge >= 0.3 is 0 Å². The molecule has 4 atom stereocenters. The molecule has 0 saturated heterocycles. The molecule has 4 aromatic carbocycles. The van der Waals surface area contributed by atoms with Gasteiger partial charge < -0.3 is 4.98 Å². The quantitative estimate of drug-likeness (QED) is 0.255. The number of aromatic amines is 1. The van der Waals surface area contributed by atoms with Gasteiger partial charge in [0, 0.05) is 27.2 Å². The van der Waals surface area contributed by atoms with Crippen LogP contribution in [0.1, 0.15) is 50.2 Å². The summed E-state index contributed by atoms with van der Waals surface area (Å²) in [5, 5.41) is 5.64. The lowest BCUT2D eigenvalue weighted by Crippen LogP contribution is -2.44.